The first-order chi connectivity index (χ1) is 10.5. The van der Waals surface area contributed by atoms with E-state index >= 15 is 0 Å². The van der Waals surface area contributed by atoms with Crippen LogP contribution in [0.15, 0.2) is 24.3 Å². The van der Waals surface area contributed by atoms with Gasteiger partial charge in [0.25, 0.3) is 5.91 Å². The van der Waals surface area contributed by atoms with E-state index in [1.807, 2.05) is 13.0 Å². The molecular formula is C16H20N2O4. The molecule has 1 aliphatic rings. The van der Waals surface area contributed by atoms with Gasteiger partial charge in [-0.2, -0.15) is 0 Å². The van der Waals surface area contributed by atoms with Crippen molar-refractivity contribution in [3.05, 3.63) is 35.4 Å². The van der Waals surface area contributed by atoms with E-state index in [-0.39, 0.29) is 0 Å². The van der Waals surface area contributed by atoms with Gasteiger partial charge >= 0.3 is 5.97 Å². The lowest BCUT2D eigenvalue weighted by Gasteiger charge is -2.27. The molecule has 6 heteroatoms. The minimum Gasteiger partial charge on any atom is -0.481 e. The van der Waals surface area contributed by atoms with E-state index in [4.69, 9.17) is 0 Å². The van der Waals surface area contributed by atoms with Gasteiger partial charge in [0.15, 0.2) is 0 Å². The van der Waals surface area contributed by atoms with Gasteiger partial charge in [-0.1, -0.05) is 30.5 Å². The predicted octanol–water partition coefficient (Wildman–Crippen LogP) is 1.65. The molecule has 1 fully saturated rings. The third-order valence-electron chi connectivity index (χ3n) is 4.00. The van der Waals surface area contributed by atoms with E-state index in [0.29, 0.717) is 18.4 Å². The summed E-state index contributed by atoms with van der Waals surface area (Å²) in [5.41, 5.74) is 6.09. The number of aliphatic carboxylic acids is 1. The van der Waals surface area contributed by atoms with Gasteiger partial charge in [0.05, 0.1) is 11.8 Å². The summed E-state index contributed by atoms with van der Waals surface area (Å²) in [6, 6.07) is 6.99. The van der Waals surface area contributed by atoms with E-state index in [1.54, 1.807) is 18.2 Å². The van der Waals surface area contributed by atoms with Crippen molar-refractivity contribution in [3.8, 4) is 0 Å². The van der Waals surface area contributed by atoms with Crippen molar-refractivity contribution in [2.24, 2.45) is 11.8 Å². The standard InChI is InChI=1S/C16H20N2O4/c1-10-5-4-6-11(9-10)14(19)17-18-15(20)12-7-2-3-8-13(12)16(21)22/h4-6,9,12-13H,2-3,7-8H2,1H3,(H,17,19)(H,18,20)(H,21,22)/t12-,13-/m0/s1. The van der Waals surface area contributed by atoms with Crippen LogP contribution in [0.1, 0.15) is 41.6 Å². The van der Waals surface area contributed by atoms with Gasteiger partial charge in [0.2, 0.25) is 5.91 Å². The Balaban J connectivity index is 1.94. The Kier molecular flexibility index (Phi) is 5.14. The van der Waals surface area contributed by atoms with Crippen LogP contribution in [0.2, 0.25) is 0 Å². The Morgan fingerprint density at radius 3 is 2.41 bits per heavy atom. The van der Waals surface area contributed by atoms with Crippen molar-refractivity contribution in [1.82, 2.24) is 10.9 Å². The molecule has 0 saturated heterocycles. The SMILES string of the molecule is Cc1cccc(C(=O)NNC(=O)[C@H]2CCCC[C@@H]2C(=O)O)c1. The van der Waals surface area contributed by atoms with E-state index in [2.05, 4.69) is 10.9 Å². The zero-order chi connectivity index (χ0) is 16.1. The zero-order valence-electron chi connectivity index (χ0n) is 12.5. The number of carboxylic acid groups (broad SMARTS) is 1. The highest BCUT2D eigenvalue weighted by atomic mass is 16.4. The van der Waals surface area contributed by atoms with Crippen molar-refractivity contribution in [2.45, 2.75) is 32.6 Å². The molecule has 0 aliphatic heterocycles. The molecule has 22 heavy (non-hydrogen) atoms. The lowest BCUT2D eigenvalue weighted by Crippen LogP contribution is -2.47. The molecule has 0 unspecified atom stereocenters. The summed E-state index contributed by atoms with van der Waals surface area (Å²) in [7, 11) is 0. The Hall–Kier alpha value is -2.37. The Bertz CT molecular complexity index is 585. The van der Waals surface area contributed by atoms with Crippen LogP contribution in [0, 0.1) is 18.8 Å². The summed E-state index contributed by atoms with van der Waals surface area (Å²) in [6.45, 7) is 1.87. The average Bonchev–Trinajstić information content (AvgIpc) is 2.52. The van der Waals surface area contributed by atoms with E-state index < -0.39 is 29.6 Å². The summed E-state index contributed by atoms with van der Waals surface area (Å²) in [4.78, 5) is 35.3. The lowest BCUT2D eigenvalue weighted by molar-refractivity contribution is -0.149. The van der Waals surface area contributed by atoms with Crippen LogP contribution >= 0.6 is 0 Å². The number of amides is 2. The summed E-state index contributed by atoms with van der Waals surface area (Å²) >= 11 is 0. The smallest absolute Gasteiger partial charge is 0.307 e. The minimum atomic E-state index is -0.954. The number of hydrogen-bond acceptors (Lipinski definition) is 3. The van der Waals surface area contributed by atoms with E-state index in [1.165, 1.54) is 0 Å². The zero-order valence-corrected chi connectivity index (χ0v) is 12.5. The fourth-order valence-corrected chi connectivity index (χ4v) is 2.81. The monoisotopic (exact) mass is 304 g/mol. The normalized spacial score (nSPS) is 21.0. The highest BCUT2D eigenvalue weighted by Crippen LogP contribution is 2.30. The maximum Gasteiger partial charge on any atom is 0.307 e. The molecule has 3 N–H and O–H groups in total. The molecule has 0 heterocycles. The fourth-order valence-electron chi connectivity index (χ4n) is 2.81. The Morgan fingerprint density at radius 2 is 1.77 bits per heavy atom. The molecular weight excluding hydrogens is 284 g/mol. The summed E-state index contributed by atoms with van der Waals surface area (Å²) < 4.78 is 0. The Labute approximate surface area is 128 Å². The lowest BCUT2D eigenvalue weighted by atomic mass is 9.79. The number of carbonyl (C=O) groups excluding carboxylic acids is 2. The first-order valence-electron chi connectivity index (χ1n) is 7.38. The maximum absolute atomic E-state index is 12.1. The molecule has 1 saturated carbocycles. The maximum atomic E-state index is 12.1. The molecule has 1 aliphatic carbocycles. The highest BCUT2D eigenvalue weighted by Gasteiger charge is 2.35. The third kappa shape index (κ3) is 3.84. The molecule has 0 radical (unpaired) electrons. The summed E-state index contributed by atoms with van der Waals surface area (Å²) in [5, 5.41) is 9.18. The van der Waals surface area contributed by atoms with Gasteiger partial charge in [0, 0.05) is 5.56 Å². The number of aryl methyl sites for hydroxylation is 1. The molecule has 1 aromatic carbocycles. The predicted molar refractivity (Wildman–Crippen MR) is 79.9 cm³/mol. The molecule has 0 aromatic heterocycles. The van der Waals surface area contributed by atoms with Gasteiger partial charge in [0.1, 0.15) is 0 Å². The fraction of sp³-hybridized carbons (Fsp3) is 0.438. The second-order valence-corrected chi connectivity index (χ2v) is 5.65. The molecule has 2 atom stereocenters. The number of hydrazine groups is 1. The van der Waals surface area contributed by atoms with Crippen LogP contribution < -0.4 is 10.9 Å². The van der Waals surface area contributed by atoms with Gasteiger partial charge in [-0.15, -0.1) is 0 Å². The number of rotatable bonds is 3. The summed E-state index contributed by atoms with van der Waals surface area (Å²) in [5.74, 6) is -3.08. The molecule has 1 aromatic rings. The number of carbonyl (C=O) groups is 3. The first-order valence-corrected chi connectivity index (χ1v) is 7.38. The number of benzene rings is 1. The van der Waals surface area contributed by atoms with Crippen molar-refractivity contribution < 1.29 is 19.5 Å². The van der Waals surface area contributed by atoms with E-state index in [0.717, 1.165) is 18.4 Å². The average molecular weight is 304 g/mol. The van der Waals surface area contributed by atoms with Crippen molar-refractivity contribution >= 4 is 17.8 Å². The van der Waals surface area contributed by atoms with Gasteiger partial charge in [-0.25, -0.2) is 0 Å². The van der Waals surface area contributed by atoms with Gasteiger partial charge in [-0.05, 0) is 31.9 Å². The van der Waals surface area contributed by atoms with Crippen LogP contribution in [0.4, 0.5) is 0 Å². The van der Waals surface area contributed by atoms with Crippen LogP contribution in [0.3, 0.4) is 0 Å². The van der Waals surface area contributed by atoms with Crippen LogP contribution in [0.5, 0.6) is 0 Å². The van der Waals surface area contributed by atoms with Crippen molar-refractivity contribution in [1.29, 1.82) is 0 Å². The summed E-state index contributed by atoms with van der Waals surface area (Å²) in [6.07, 6.45) is 2.67. The molecule has 118 valence electrons. The van der Waals surface area contributed by atoms with Crippen molar-refractivity contribution in [2.75, 3.05) is 0 Å². The molecule has 2 amide bonds. The quantitative estimate of drug-likeness (QED) is 0.740. The largest absolute Gasteiger partial charge is 0.481 e. The van der Waals surface area contributed by atoms with Crippen LogP contribution in [-0.4, -0.2) is 22.9 Å². The topological polar surface area (TPSA) is 95.5 Å². The van der Waals surface area contributed by atoms with E-state index in [9.17, 15) is 19.5 Å². The second kappa shape index (κ2) is 7.06. The minimum absolute atomic E-state index is 0.417. The number of carboxylic acids is 1. The van der Waals surface area contributed by atoms with Crippen LogP contribution in [0.25, 0.3) is 0 Å². The number of nitrogens with one attached hydrogen (secondary N) is 2. The first kappa shape index (κ1) is 16.0. The van der Waals surface area contributed by atoms with Crippen molar-refractivity contribution in [3.63, 3.8) is 0 Å². The number of hydrogen-bond donors (Lipinski definition) is 3. The van der Waals surface area contributed by atoms with Gasteiger partial charge < -0.3 is 5.11 Å². The highest BCUT2D eigenvalue weighted by molar-refractivity contribution is 5.96. The molecule has 6 nitrogen and oxygen atoms in total. The van der Waals surface area contributed by atoms with Crippen LogP contribution in [-0.2, 0) is 9.59 Å². The molecule has 0 bridgehead atoms. The molecule has 2 rings (SSSR count). The molecule has 0 spiro atoms. The van der Waals surface area contributed by atoms with Gasteiger partial charge in [-0.3, -0.25) is 25.2 Å². The Morgan fingerprint density at radius 1 is 1.09 bits per heavy atom. The third-order valence-corrected chi connectivity index (χ3v) is 4.00. The second-order valence-electron chi connectivity index (χ2n) is 5.65.